The second-order valence-electron chi connectivity index (χ2n) is 6.82. The van der Waals surface area contributed by atoms with Crippen LogP contribution in [0.15, 0.2) is 24.3 Å². The molecule has 2 aliphatic heterocycles. The molecule has 2 fully saturated rings. The van der Waals surface area contributed by atoms with Crippen LogP contribution in [-0.2, 0) is 27.4 Å². The minimum atomic E-state index is -0.0494. The van der Waals surface area contributed by atoms with Gasteiger partial charge in [0.25, 0.3) is 0 Å². The molecule has 5 nitrogen and oxygen atoms in total. The summed E-state index contributed by atoms with van der Waals surface area (Å²) in [6.45, 7) is 4.06. The highest BCUT2D eigenvalue weighted by Gasteiger charge is 2.39. The van der Waals surface area contributed by atoms with Crippen molar-refractivity contribution in [2.75, 3.05) is 33.9 Å². The van der Waals surface area contributed by atoms with Crippen LogP contribution in [0.5, 0.6) is 0 Å². The SMILES string of the molecule is COCc1ccc(CN2C[C@@H](OC)C[C@H]2C(=O)N2CCCC2)cc1. The zero-order valence-corrected chi connectivity index (χ0v) is 14.7. The molecule has 5 heteroatoms. The Morgan fingerprint density at radius 3 is 2.42 bits per heavy atom. The van der Waals surface area contributed by atoms with Gasteiger partial charge in [-0.2, -0.15) is 0 Å². The first-order chi connectivity index (χ1) is 11.7. The molecule has 2 saturated heterocycles. The third kappa shape index (κ3) is 3.97. The third-order valence-corrected chi connectivity index (χ3v) is 5.12. The van der Waals surface area contributed by atoms with E-state index >= 15 is 0 Å². The summed E-state index contributed by atoms with van der Waals surface area (Å²) in [6, 6.07) is 8.41. The largest absolute Gasteiger partial charge is 0.380 e. The average molecular weight is 332 g/mol. The number of hydrogen-bond donors (Lipinski definition) is 0. The first-order valence-electron chi connectivity index (χ1n) is 8.83. The number of carbonyl (C=O) groups is 1. The Balaban J connectivity index is 1.67. The van der Waals surface area contributed by atoms with E-state index < -0.39 is 0 Å². The highest BCUT2D eigenvalue weighted by atomic mass is 16.5. The highest BCUT2D eigenvalue weighted by Crippen LogP contribution is 2.25. The number of carbonyl (C=O) groups excluding carboxylic acids is 1. The van der Waals surface area contributed by atoms with Gasteiger partial charge in [-0.3, -0.25) is 9.69 Å². The maximum Gasteiger partial charge on any atom is 0.240 e. The Morgan fingerprint density at radius 1 is 1.12 bits per heavy atom. The summed E-state index contributed by atoms with van der Waals surface area (Å²) in [5, 5.41) is 0. The van der Waals surface area contributed by atoms with Crippen LogP contribution in [0.25, 0.3) is 0 Å². The molecule has 0 bridgehead atoms. The van der Waals surface area contributed by atoms with Gasteiger partial charge in [-0.15, -0.1) is 0 Å². The molecular weight excluding hydrogens is 304 g/mol. The average Bonchev–Trinajstić information content (AvgIpc) is 3.26. The van der Waals surface area contributed by atoms with Gasteiger partial charge >= 0.3 is 0 Å². The quantitative estimate of drug-likeness (QED) is 0.799. The number of amides is 1. The van der Waals surface area contributed by atoms with Gasteiger partial charge in [0.05, 0.1) is 18.8 Å². The molecule has 0 N–H and O–H groups in total. The molecule has 1 amide bonds. The summed E-state index contributed by atoms with van der Waals surface area (Å²) in [6.07, 6.45) is 3.21. The predicted molar refractivity (Wildman–Crippen MR) is 92.6 cm³/mol. The zero-order valence-electron chi connectivity index (χ0n) is 14.7. The number of hydrogen-bond acceptors (Lipinski definition) is 4. The smallest absolute Gasteiger partial charge is 0.240 e. The van der Waals surface area contributed by atoms with Gasteiger partial charge in [0.2, 0.25) is 5.91 Å². The van der Waals surface area contributed by atoms with E-state index in [1.54, 1.807) is 14.2 Å². The van der Waals surface area contributed by atoms with Crippen molar-refractivity contribution in [3.63, 3.8) is 0 Å². The van der Waals surface area contributed by atoms with E-state index in [4.69, 9.17) is 9.47 Å². The summed E-state index contributed by atoms with van der Waals surface area (Å²) in [5.41, 5.74) is 2.40. The topological polar surface area (TPSA) is 42.0 Å². The second-order valence-corrected chi connectivity index (χ2v) is 6.82. The van der Waals surface area contributed by atoms with E-state index in [9.17, 15) is 4.79 Å². The molecule has 3 rings (SSSR count). The maximum absolute atomic E-state index is 12.9. The standard InChI is InChI=1S/C19H28N2O3/c1-23-14-16-7-5-15(6-8-16)12-21-13-17(24-2)11-18(21)19(22)20-9-3-4-10-20/h5-8,17-18H,3-4,9-14H2,1-2H3/t17-,18-/m0/s1. The second kappa shape index (κ2) is 8.10. The third-order valence-electron chi connectivity index (χ3n) is 5.12. The lowest BCUT2D eigenvalue weighted by molar-refractivity contribution is -0.135. The minimum Gasteiger partial charge on any atom is -0.380 e. The molecule has 24 heavy (non-hydrogen) atoms. The highest BCUT2D eigenvalue weighted by molar-refractivity contribution is 5.82. The van der Waals surface area contributed by atoms with Crippen LogP contribution in [0.3, 0.4) is 0 Å². The number of nitrogens with zero attached hydrogens (tertiary/aromatic N) is 2. The molecule has 132 valence electrons. The Kier molecular flexibility index (Phi) is 5.87. The summed E-state index contributed by atoms with van der Waals surface area (Å²) in [5.74, 6) is 0.281. The van der Waals surface area contributed by atoms with E-state index in [0.29, 0.717) is 6.61 Å². The Bertz CT molecular complexity index is 540. The Morgan fingerprint density at radius 2 is 1.79 bits per heavy atom. The summed E-state index contributed by atoms with van der Waals surface area (Å²) in [7, 11) is 3.45. The van der Waals surface area contributed by atoms with Gasteiger partial charge in [-0.05, 0) is 30.4 Å². The van der Waals surface area contributed by atoms with Gasteiger partial charge in [-0.1, -0.05) is 24.3 Å². The molecular formula is C19H28N2O3. The molecule has 2 heterocycles. The molecule has 0 unspecified atom stereocenters. The Hall–Kier alpha value is -1.43. The Labute approximate surface area is 144 Å². The number of ether oxygens (including phenoxy) is 2. The van der Waals surface area contributed by atoms with Crippen molar-refractivity contribution in [2.45, 2.75) is 44.6 Å². The lowest BCUT2D eigenvalue weighted by atomic mass is 10.1. The first-order valence-corrected chi connectivity index (χ1v) is 8.83. The summed E-state index contributed by atoms with van der Waals surface area (Å²) in [4.78, 5) is 17.2. The van der Waals surface area contributed by atoms with Crippen molar-refractivity contribution in [3.05, 3.63) is 35.4 Å². The fraction of sp³-hybridized carbons (Fsp3) is 0.632. The molecule has 2 atom stereocenters. The molecule has 0 aliphatic carbocycles. The number of methoxy groups -OCH3 is 2. The molecule has 1 aromatic rings. The van der Waals surface area contributed by atoms with Crippen molar-refractivity contribution in [3.8, 4) is 0 Å². The molecule has 0 spiro atoms. The fourth-order valence-electron chi connectivity index (χ4n) is 3.75. The first kappa shape index (κ1) is 17.4. The van der Waals surface area contributed by atoms with Gasteiger partial charge in [0, 0.05) is 40.4 Å². The lowest BCUT2D eigenvalue weighted by Crippen LogP contribution is -2.44. The van der Waals surface area contributed by atoms with Crippen molar-refractivity contribution in [2.24, 2.45) is 0 Å². The predicted octanol–water partition coefficient (Wildman–Crippen LogP) is 2.04. The zero-order chi connectivity index (χ0) is 16.9. The molecule has 0 radical (unpaired) electrons. The van der Waals surface area contributed by atoms with E-state index in [1.807, 2.05) is 4.90 Å². The van der Waals surface area contributed by atoms with Crippen molar-refractivity contribution < 1.29 is 14.3 Å². The van der Waals surface area contributed by atoms with E-state index in [0.717, 1.165) is 45.4 Å². The minimum absolute atomic E-state index is 0.0494. The summed E-state index contributed by atoms with van der Waals surface area (Å²) >= 11 is 0. The van der Waals surface area contributed by atoms with Crippen LogP contribution >= 0.6 is 0 Å². The van der Waals surface area contributed by atoms with Gasteiger partial charge in [-0.25, -0.2) is 0 Å². The van der Waals surface area contributed by atoms with Crippen LogP contribution in [0.4, 0.5) is 0 Å². The number of likely N-dealkylation sites (tertiary alicyclic amines) is 2. The van der Waals surface area contributed by atoms with Gasteiger partial charge in [0.15, 0.2) is 0 Å². The monoisotopic (exact) mass is 332 g/mol. The number of benzene rings is 1. The van der Waals surface area contributed by atoms with E-state index in [1.165, 1.54) is 11.1 Å². The molecule has 0 saturated carbocycles. The van der Waals surface area contributed by atoms with Crippen LogP contribution in [0.2, 0.25) is 0 Å². The van der Waals surface area contributed by atoms with E-state index in [2.05, 4.69) is 29.2 Å². The van der Waals surface area contributed by atoms with Crippen LogP contribution in [-0.4, -0.2) is 61.7 Å². The molecule has 1 aromatic carbocycles. The molecule has 2 aliphatic rings. The van der Waals surface area contributed by atoms with Gasteiger partial charge < -0.3 is 14.4 Å². The van der Waals surface area contributed by atoms with Crippen molar-refractivity contribution >= 4 is 5.91 Å². The fourth-order valence-corrected chi connectivity index (χ4v) is 3.75. The van der Waals surface area contributed by atoms with Crippen LogP contribution < -0.4 is 0 Å². The van der Waals surface area contributed by atoms with Crippen LogP contribution in [0.1, 0.15) is 30.4 Å². The van der Waals surface area contributed by atoms with Crippen molar-refractivity contribution in [1.29, 1.82) is 0 Å². The van der Waals surface area contributed by atoms with Crippen LogP contribution in [0, 0.1) is 0 Å². The maximum atomic E-state index is 12.9. The number of rotatable bonds is 6. The van der Waals surface area contributed by atoms with Crippen molar-refractivity contribution in [1.82, 2.24) is 9.80 Å². The van der Waals surface area contributed by atoms with Gasteiger partial charge in [0.1, 0.15) is 0 Å². The summed E-state index contributed by atoms with van der Waals surface area (Å²) < 4.78 is 10.7. The molecule has 0 aromatic heterocycles. The normalized spacial score (nSPS) is 24.7. The van der Waals surface area contributed by atoms with E-state index in [-0.39, 0.29) is 18.1 Å². The lowest BCUT2D eigenvalue weighted by Gasteiger charge is -2.27.